The molecular formula is C21H18N2O5S. The van der Waals surface area contributed by atoms with E-state index in [0.29, 0.717) is 32.1 Å². The highest BCUT2D eigenvalue weighted by Crippen LogP contribution is 2.31. The number of nitrogens with zero attached hydrogens (tertiary/aromatic N) is 2. The zero-order valence-electron chi connectivity index (χ0n) is 16.0. The molecule has 0 fully saturated rings. The molecular weight excluding hydrogens is 392 g/mol. The quantitative estimate of drug-likeness (QED) is 0.615. The maximum Gasteiger partial charge on any atom is 0.338 e. The third-order valence-electron chi connectivity index (χ3n) is 4.68. The number of allylic oxidation sites excluding steroid dienone is 1. The minimum atomic E-state index is -0.650. The van der Waals surface area contributed by atoms with Gasteiger partial charge in [-0.15, -0.1) is 0 Å². The van der Waals surface area contributed by atoms with Crippen molar-refractivity contribution in [1.29, 1.82) is 0 Å². The van der Waals surface area contributed by atoms with E-state index in [9.17, 15) is 9.59 Å². The lowest BCUT2D eigenvalue weighted by Gasteiger charge is -2.24. The Morgan fingerprint density at radius 3 is 2.62 bits per heavy atom. The summed E-state index contributed by atoms with van der Waals surface area (Å²) in [4.78, 5) is 30.8. The van der Waals surface area contributed by atoms with Crippen LogP contribution in [0.1, 0.15) is 24.3 Å². The number of carbonyl (C=O) groups is 1. The molecule has 29 heavy (non-hydrogen) atoms. The first kappa shape index (κ1) is 18.9. The summed E-state index contributed by atoms with van der Waals surface area (Å²) in [7, 11) is 2.90. The molecule has 1 aliphatic heterocycles. The summed E-state index contributed by atoms with van der Waals surface area (Å²) in [5.74, 6) is 0.729. The predicted molar refractivity (Wildman–Crippen MR) is 107 cm³/mol. The summed E-state index contributed by atoms with van der Waals surface area (Å²) in [6.45, 7) is 1.74. The molecule has 0 saturated carbocycles. The van der Waals surface area contributed by atoms with Crippen molar-refractivity contribution < 1.29 is 18.7 Å². The van der Waals surface area contributed by atoms with Crippen molar-refractivity contribution in [2.45, 2.75) is 13.0 Å². The van der Waals surface area contributed by atoms with Crippen LogP contribution in [-0.2, 0) is 9.53 Å². The number of ether oxygens (including phenoxy) is 2. The Balaban J connectivity index is 1.97. The standard InChI is InChI=1S/C21H18N2O5S/c1-12-17(20(25)27-3)18(13-6-8-14(26-2)9-7-13)23-19(24)16(29-21(23)22-12)11-15-5-4-10-28-15/h4-11,18H,1-3H3/b16-11+/t18-/m1/s1. The van der Waals surface area contributed by atoms with Crippen LogP contribution < -0.4 is 19.6 Å². The van der Waals surface area contributed by atoms with E-state index in [1.807, 2.05) is 12.1 Å². The van der Waals surface area contributed by atoms with Gasteiger partial charge >= 0.3 is 5.97 Å². The van der Waals surface area contributed by atoms with Crippen LogP contribution in [0.25, 0.3) is 6.08 Å². The molecule has 0 amide bonds. The largest absolute Gasteiger partial charge is 0.497 e. The van der Waals surface area contributed by atoms with Crippen molar-refractivity contribution >= 4 is 23.4 Å². The Morgan fingerprint density at radius 1 is 1.24 bits per heavy atom. The molecule has 0 aliphatic carbocycles. The van der Waals surface area contributed by atoms with Crippen LogP contribution in [0.4, 0.5) is 0 Å². The molecule has 1 aromatic carbocycles. The Morgan fingerprint density at radius 2 is 2.00 bits per heavy atom. The highest BCUT2D eigenvalue weighted by molar-refractivity contribution is 7.07. The fourth-order valence-electron chi connectivity index (χ4n) is 3.30. The number of furan rings is 1. The van der Waals surface area contributed by atoms with Gasteiger partial charge in [0.05, 0.1) is 42.3 Å². The Kier molecular flexibility index (Phi) is 4.94. The second-order valence-electron chi connectivity index (χ2n) is 6.36. The molecule has 4 rings (SSSR count). The summed E-state index contributed by atoms with van der Waals surface area (Å²) in [5.41, 5.74) is 1.35. The maximum absolute atomic E-state index is 13.3. The number of hydrogen-bond acceptors (Lipinski definition) is 7. The fourth-order valence-corrected chi connectivity index (χ4v) is 4.32. The topological polar surface area (TPSA) is 83.0 Å². The monoisotopic (exact) mass is 410 g/mol. The molecule has 7 nitrogen and oxygen atoms in total. The Labute approximate surface area is 169 Å². The molecule has 148 valence electrons. The molecule has 0 bridgehead atoms. The van der Waals surface area contributed by atoms with E-state index in [4.69, 9.17) is 13.9 Å². The van der Waals surface area contributed by atoms with Crippen molar-refractivity contribution in [1.82, 2.24) is 4.57 Å². The molecule has 3 heterocycles. The van der Waals surface area contributed by atoms with E-state index in [0.717, 1.165) is 5.56 Å². The second kappa shape index (κ2) is 7.56. The van der Waals surface area contributed by atoms with Crippen molar-refractivity contribution in [2.75, 3.05) is 14.2 Å². The molecule has 0 saturated heterocycles. The SMILES string of the molecule is COC(=O)C1=C(C)N=c2s/c(=C/c3ccco3)c(=O)n2[C@@H]1c1ccc(OC)cc1. The van der Waals surface area contributed by atoms with Gasteiger partial charge in [0.25, 0.3) is 5.56 Å². The van der Waals surface area contributed by atoms with E-state index < -0.39 is 12.0 Å². The highest BCUT2D eigenvalue weighted by atomic mass is 32.1. The summed E-state index contributed by atoms with van der Waals surface area (Å²) >= 11 is 1.25. The van der Waals surface area contributed by atoms with Gasteiger partial charge in [0.1, 0.15) is 11.5 Å². The summed E-state index contributed by atoms with van der Waals surface area (Å²) in [6.07, 6.45) is 3.22. The average Bonchev–Trinajstić information content (AvgIpc) is 3.35. The third kappa shape index (κ3) is 3.31. The lowest BCUT2D eigenvalue weighted by molar-refractivity contribution is -0.136. The number of benzene rings is 1. The molecule has 0 radical (unpaired) electrons. The molecule has 0 unspecified atom stereocenters. The van der Waals surface area contributed by atoms with Gasteiger partial charge in [-0.2, -0.15) is 0 Å². The van der Waals surface area contributed by atoms with Crippen LogP contribution in [0.3, 0.4) is 0 Å². The van der Waals surface area contributed by atoms with Gasteiger partial charge in [-0.25, -0.2) is 9.79 Å². The minimum absolute atomic E-state index is 0.250. The van der Waals surface area contributed by atoms with E-state index in [1.54, 1.807) is 50.6 Å². The predicted octanol–water partition coefficient (Wildman–Crippen LogP) is 2.01. The van der Waals surface area contributed by atoms with Crippen LogP contribution in [-0.4, -0.2) is 24.8 Å². The molecule has 1 aliphatic rings. The third-order valence-corrected chi connectivity index (χ3v) is 5.66. The van der Waals surface area contributed by atoms with E-state index >= 15 is 0 Å². The van der Waals surface area contributed by atoms with Crippen molar-refractivity contribution in [3.05, 3.63) is 84.9 Å². The number of thiazole rings is 1. The van der Waals surface area contributed by atoms with Gasteiger partial charge in [0.2, 0.25) is 0 Å². The van der Waals surface area contributed by atoms with E-state index in [1.165, 1.54) is 23.0 Å². The van der Waals surface area contributed by atoms with Crippen LogP contribution in [0, 0.1) is 0 Å². The first-order valence-electron chi connectivity index (χ1n) is 8.82. The fraction of sp³-hybridized carbons (Fsp3) is 0.190. The normalized spacial score (nSPS) is 16.4. The summed E-state index contributed by atoms with van der Waals surface area (Å²) in [6, 6.07) is 10.1. The second-order valence-corrected chi connectivity index (χ2v) is 7.37. The molecule has 2 aromatic heterocycles. The number of carbonyl (C=O) groups excluding carboxylic acids is 1. The molecule has 3 aromatic rings. The van der Waals surface area contributed by atoms with Gasteiger partial charge in [-0.05, 0) is 36.8 Å². The molecule has 1 atom stereocenters. The maximum atomic E-state index is 13.3. The van der Waals surface area contributed by atoms with Crippen LogP contribution in [0.15, 0.2) is 68.1 Å². The van der Waals surface area contributed by atoms with E-state index in [2.05, 4.69) is 4.99 Å². The van der Waals surface area contributed by atoms with Crippen molar-refractivity contribution in [3.63, 3.8) is 0 Å². The van der Waals surface area contributed by atoms with Gasteiger partial charge in [-0.1, -0.05) is 23.5 Å². The highest BCUT2D eigenvalue weighted by Gasteiger charge is 2.33. The van der Waals surface area contributed by atoms with Crippen LogP contribution in [0.5, 0.6) is 5.75 Å². The van der Waals surface area contributed by atoms with Gasteiger partial charge in [0.15, 0.2) is 4.80 Å². The van der Waals surface area contributed by atoms with Crippen LogP contribution >= 0.6 is 11.3 Å². The zero-order valence-corrected chi connectivity index (χ0v) is 16.9. The first-order valence-corrected chi connectivity index (χ1v) is 9.63. The number of hydrogen-bond donors (Lipinski definition) is 0. The zero-order chi connectivity index (χ0) is 20.5. The number of methoxy groups -OCH3 is 2. The smallest absolute Gasteiger partial charge is 0.338 e. The number of fused-ring (bicyclic) bond motifs is 1. The Bertz CT molecular complexity index is 1260. The first-order chi connectivity index (χ1) is 14.0. The lowest BCUT2D eigenvalue weighted by atomic mass is 9.96. The van der Waals surface area contributed by atoms with Gasteiger partial charge in [0, 0.05) is 6.08 Å². The number of esters is 1. The molecule has 8 heteroatoms. The van der Waals surface area contributed by atoms with Gasteiger partial charge < -0.3 is 13.9 Å². The summed E-state index contributed by atoms with van der Waals surface area (Å²) < 4.78 is 17.5. The molecule has 0 N–H and O–H groups in total. The van der Waals surface area contributed by atoms with Crippen molar-refractivity contribution in [2.24, 2.45) is 4.99 Å². The van der Waals surface area contributed by atoms with E-state index in [-0.39, 0.29) is 5.56 Å². The Hall–Kier alpha value is -3.39. The number of rotatable bonds is 4. The van der Waals surface area contributed by atoms with Crippen LogP contribution in [0.2, 0.25) is 0 Å². The average molecular weight is 410 g/mol. The minimum Gasteiger partial charge on any atom is -0.497 e. The lowest BCUT2D eigenvalue weighted by Crippen LogP contribution is -2.39. The number of aromatic nitrogens is 1. The van der Waals surface area contributed by atoms with Gasteiger partial charge in [-0.3, -0.25) is 9.36 Å². The van der Waals surface area contributed by atoms with Crippen molar-refractivity contribution in [3.8, 4) is 5.75 Å². The summed E-state index contributed by atoms with van der Waals surface area (Å²) in [5, 5.41) is 0. The molecule has 0 spiro atoms.